The van der Waals surface area contributed by atoms with E-state index in [1.807, 2.05) is 78.9 Å². The van der Waals surface area contributed by atoms with E-state index in [0.29, 0.717) is 35.6 Å². The van der Waals surface area contributed by atoms with Crippen molar-refractivity contribution in [3.8, 4) is 17.2 Å². The Balaban J connectivity index is 1.28. The van der Waals surface area contributed by atoms with Gasteiger partial charge in [-0.1, -0.05) is 56.3 Å². The third-order valence-corrected chi connectivity index (χ3v) is 5.00. The van der Waals surface area contributed by atoms with Crippen molar-refractivity contribution in [1.29, 1.82) is 0 Å². The van der Waals surface area contributed by atoms with Crippen LogP contribution in [-0.4, -0.2) is 22.7 Å². The molecule has 0 saturated carbocycles. The predicted molar refractivity (Wildman–Crippen MR) is 124 cm³/mol. The number of rotatable bonds is 8. The van der Waals surface area contributed by atoms with Crippen molar-refractivity contribution < 1.29 is 13.9 Å². The quantitative estimate of drug-likeness (QED) is 0.404. The molecule has 0 saturated heterocycles. The van der Waals surface area contributed by atoms with E-state index >= 15 is 0 Å². The number of carbonyl (C=O) groups excluding carboxylic acids is 1. The van der Waals surface area contributed by atoms with Crippen LogP contribution in [0.3, 0.4) is 0 Å². The molecule has 0 radical (unpaired) electrons. The fraction of sp³-hybridized carbons (Fsp3) is 0.192. The van der Waals surface area contributed by atoms with Gasteiger partial charge in [0.2, 0.25) is 11.8 Å². The Morgan fingerprint density at radius 3 is 2.34 bits per heavy atom. The second-order valence-electron chi connectivity index (χ2n) is 7.80. The summed E-state index contributed by atoms with van der Waals surface area (Å²) < 4.78 is 11.3. The number of aromatic nitrogens is 2. The highest BCUT2D eigenvalue weighted by Gasteiger charge is 2.10. The highest BCUT2D eigenvalue weighted by molar-refractivity contribution is 5.91. The molecule has 0 unspecified atom stereocenters. The number of nitrogens with zero attached hydrogens (tertiary/aromatic N) is 2. The molecular weight excluding hydrogens is 402 g/mol. The summed E-state index contributed by atoms with van der Waals surface area (Å²) in [6.45, 7) is 4.23. The van der Waals surface area contributed by atoms with Gasteiger partial charge in [0.05, 0.1) is 6.42 Å². The van der Waals surface area contributed by atoms with Crippen molar-refractivity contribution >= 4 is 11.6 Å². The Morgan fingerprint density at radius 2 is 1.66 bits per heavy atom. The summed E-state index contributed by atoms with van der Waals surface area (Å²) in [5.74, 6) is 1.96. The van der Waals surface area contributed by atoms with E-state index in [4.69, 9.17) is 9.15 Å². The molecule has 0 aliphatic rings. The maximum Gasteiger partial charge on any atom is 0.262 e. The molecule has 1 N–H and O–H groups in total. The highest BCUT2D eigenvalue weighted by atomic mass is 16.5. The van der Waals surface area contributed by atoms with Gasteiger partial charge in [0, 0.05) is 11.3 Å². The standard InChI is InChI=1S/C26H25N3O3/c1-18(2)20-10-14-23(15-11-20)31-17-24(30)27-22-12-8-19(9-13-22)16-25-28-29-26(32-25)21-6-4-3-5-7-21/h3-15,18H,16-17H2,1-2H3,(H,27,30). The number of benzene rings is 3. The van der Waals surface area contributed by atoms with Gasteiger partial charge in [-0.25, -0.2) is 0 Å². The number of amides is 1. The van der Waals surface area contributed by atoms with E-state index in [1.165, 1.54) is 5.56 Å². The van der Waals surface area contributed by atoms with Crippen LogP contribution in [0.2, 0.25) is 0 Å². The molecule has 0 aliphatic heterocycles. The average Bonchev–Trinajstić information content (AvgIpc) is 3.28. The van der Waals surface area contributed by atoms with Gasteiger partial charge in [0.15, 0.2) is 6.61 Å². The first-order chi connectivity index (χ1) is 15.6. The molecular formula is C26H25N3O3. The van der Waals surface area contributed by atoms with E-state index in [2.05, 4.69) is 29.4 Å². The predicted octanol–water partition coefficient (Wildman–Crippen LogP) is 5.47. The van der Waals surface area contributed by atoms with Gasteiger partial charge >= 0.3 is 0 Å². The van der Waals surface area contributed by atoms with Crippen LogP contribution >= 0.6 is 0 Å². The van der Waals surface area contributed by atoms with Gasteiger partial charge in [-0.2, -0.15) is 0 Å². The molecule has 6 nitrogen and oxygen atoms in total. The van der Waals surface area contributed by atoms with Gasteiger partial charge in [-0.15, -0.1) is 10.2 Å². The van der Waals surface area contributed by atoms with Gasteiger partial charge in [-0.05, 0) is 53.4 Å². The molecule has 4 aromatic rings. The second-order valence-corrected chi connectivity index (χ2v) is 7.80. The fourth-order valence-electron chi connectivity index (χ4n) is 3.20. The topological polar surface area (TPSA) is 77.2 Å². The van der Waals surface area contributed by atoms with Crippen molar-refractivity contribution in [3.05, 3.63) is 95.9 Å². The van der Waals surface area contributed by atoms with Gasteiger partial charge in [-0.3, -0.25) is 4.79 Å². The average molecular weight is 428 g/mol. The number of anilines is 1. The second kappa shape index (κ2) is 9.92. The molecule has 1 heterocycles. The van der Waals surface area contributed by atoms with Crippen molar-refractivity contribution in [2.45, 2.75) is 26.2 Å². The van der Waals surface area contributed by atoms with Crippen LogP contribution in [0.5, 0.6) is 5.75 Å². The lowest BCUT2D eigenvalue weighted by molar-refractivity contribution is -0.118. The summed E-state index contributed by atoms with van der Waals surface area (Å²) in [6, 6.07) is 25.0. The number of hydrogen-bond donors (Lipinski definition) is 1. The van der Waals surface area contributed by atoms with Gasteiger partial charge in [0.1, 0.15) is 5.75 Å². The van der Waals surface area contributed by atoms with Crippen LogP contribution in [0, 0.1) is 0 Å². The summed E-state index contributed by atoms with van der Waals surface area (Å²) in [5.41, 5.74) is 3.84. The lowest BCUT2D eigenvalue weighted by atomic mass is 10.0. The maximum atomic E-state index is 12.2. The molecule has 3 aromatic carbocycles. The molecule has 0 bridgehead atoms. The molecule has 6 heteroatoms. The zero-order chi connectivity index (χ0) is 22.3. The maximum absolute atomic E-state index is 12.2. The fourth-order valence-corrected chi connectivity index (χ4v) is 3.20. The van der Waals surface area contributed by atoms with Crippen LogP contribution in [-0.2, 0) is 11.2 Å². The Hall–Kier alpha value is -3.93. The molecule has 0 fully saturated rings. The Morgan fingerprint density at radius 1 is 0.938 bits per heavy atom. The molecule has 162 valence electrons. The smallest absolute Gasteiger partial charge is 0.262 e. The number of nitrogens with one attached hydrogen (secondary N) is 1. The normalized spacial score (nSPS) is 10.8. The van der Waals surface area contributed by atoms with Gasteiger partial charge in [0.25, 0.3) is 5.91 Å². The summed E-state index contributed by atoms with van der Waals surface area (Å²) in [5, 5.41) is 11.1. The number of hydrogen-bond acceptors (Lipinski definition) is 5. The molecule has 1 amide bonds. The van der Waals surface area contributed by atoms with E-state index in [0.717, 1.165) is 11.1 Å². The Bertz CT molecular complexity index is 1150. The van der Waals surface area contributed by atoms with E-state index in [1.54, 1.807) is 0 Å². The summed E-state index contributed by atoms with van der Waals surface area (Å²) in [6.07, 6.45) is 0.517. The third-order valence-electron chi connectivity index (χ3n) is 5.00. The SMILES string of the molecule is CC(C)c1ccc(OCC(=O)Nc2ccc(Cc3nnc(-c4ccccc4)o3)cc2)cc1. The Labute approximate surface area is 187 Å². The minimum atomic E-state index is -0.213. The van der Waals surface area contributed by atoms with Crippen molar-refractivity contribution in [2.75, 3.05) is 11.9 Å². The van der Waals surface area contributed by atoms with E-state index < -0.39 is 0 Å². The minimum Gasteiger partial charge on any atom is -0.484 e. The Kier molecular flexibility index (Phi) is 6.60. The van der Waals surface area contributed by atoms with Crippen molar-refractivity contribution in [2.24, 2.45) is 0 Å². The van der Waals surface area contributed by atoms with Crippen LogP contribution in [0.25, 0.3) is 11.5 Å². The first-order valence-electron chi connectivity index (χ1n) is 10.6. The van der Waals surface area contributed by atoms with E-state index in [9.17, 15) is 4.79 Å². The molecule has 1 aromatic heterocycles. The monoisotopic (exact) mass is 427 g/mol. The van der Waals surface area contributed by atoms with Crippen LogP contribution in [0.1, 0.15) is 36.8 Å². The lowest BCUT2D eigenvalue weighted by Crippen LogP contribution is -2.20. The lowest BCUT2D eigenvalue weighted by Gasteiger charge is -2.10. The van der Waals surface area contributed by atoms with Crippen LogP contribution in [0.15, 0.2) is 83.3 Å². The molecule has 32 heavy (non-hydrogen) atoms. The molecule has 4 rings (SSSR count). The van der Waals surface area contributed by atoms with Crippen molar-refractivity contribution in [3.63, 3.8) is 0 Å². The van der Waals surface area contributed by atoms with Crippen molar-refractivity contribution in [1.82, 2.24) is 10.2 Å². The largest absolute Gasteiger partial charge is 0.484 e. The number of carbonyl (C=O) groups is 1. The third kappa shape index (κ3) is 5.60. The summed E-state index contributed by atoms with van der Waals surface area (Å²) in [7, 11) is 0. The minimum absolute atomic E-state index is 0.0486. The first-order valence-corrected chi connectivity index (χ1v) is 10.6. The van der Waals surface area contributed by atoms with Crippen LogP contribution < -0.4 is 10.1 Å². The first kappa shape index (κ1) is 21.3. The number of ether oxygens (including phenoxy) is 1. The summed E-state index contributed by atoms with van der Waals surface area (Å²) in [4.78, 5) is 12.2. The highest BCUT2D eigenvalue weighted by Crippen LogP contribution is 2.20. The molecule has 0 aliphatic carbocycles. The summed E-state index contributed by atoms with van der Waals surface area (Å²) >= 11 is 0. The molecule has 0 spiro atoms. The zero-order valence-electron chi connectivity index (χ0n) is 18.1. The van der Waals surface area contributed by atoms with Crippen LogP contribution in [0.4, 0.5) is 5.69 Å². The van der Waals surface area contributed by atoms with Gasteiger partial charge < -0.3 is 14.5 Å². The zero-order valence-corrected chi connectivity index (χ0v) is 18.1. The van der Waals surface area contributed by atoms with E-state index in [-0.39, 0.29) is 12.5 Å². The molecule has 0 atom stereocenters.